The number of nitrogens with one attached hydrogen (secondary N) is 1. The third kappa shape index (κ3) is 3.46. The number of nitrogens with zero attached hydrogens (tertiary/aromatic N) is 3. The minimum Gasteiger partial charge on any atom is -0.271 e. The van der Waals surface area contributed by atoms with E-state index < -0.39 is 0 Å². The monoisotopic (exact) mass is 269 g/mol. The van der Waals surface area contributed by atoms with Gasteiger partial charge in [-0.05, 0) is 24.5 Å². The van der Waals surface area contributed by atoms with Crippen molar-refractivity contribution in [3.8, 4) is 0 Å². The first kappa shape index (κ1) is 13.8. The molecule has 1 aromatic heterocycles. The maximum atomic E-state index is 5.70. The largest absolute Gasteiger partial charge is 0.271 e. The van der Waals surface area contributed by atoms with Crippen LogP contribution in [0.3, 0.4) is 0 Å². The van der Waals surface area contributed by atoms with Gasteiger partial charge in [-0.15, -0.1) is 0 Å². The molecule has 1 aromatic rings. The Morgan fingerprint density at radius 3 is 3.06 bits per heavy atom. The zero-order valence-corrected chi connectivity index (χ0v) is 12.0. The summed E-state index contributed by atoms with van der Waals surface area (Å²) >= 11 is 2.02. The van der Waals surface area contributed by atoms with Gasteiger partial charge in [0.2, 0.25) is 0 Å². The smallest absolute Gasteiger partial charge is 0.138 e. The second-order valence-corrected chi connectivity index (χ2v) is 6.63. The lowest BCUT2D eigenvalue weighted by molar-refractivity contribution is 0.434. The fourth-order valence-electron chi connectivity index (χ4n) is 2.36. The highest BCUT2D eigenvalue weighted by atomic mass is 32.2. The van der Waals surface area contributed by atoms with Crippen LogP contribution in [0.2, 0.25) is 0 Å². The molecular weight excluding hydrogens is 246 g/mol. The molecule has 0 aliphatic carbocycles. The van der Waals surface area contributed by atoms with E-state index in [0.717, 1.165) is 18.8 Å². The lowest BCUT2D eigenvalue weighted by Gasteiger charge is -2.21. The fourth-order valence-corrected chi connectivity index (χ4v) is 3.74. The molecule has 102 valence electrons. The number of hydrazine groups is 1. The number of nitrogens with two attached hydrogens (primary N) is 1. The lowest BCUT2D eigenvalue weighted by Crippen LogP contribution is -2.44. The number of hydrogen-bond donors (Lipinski definition) is 2. The van der Waals surface area contributed by atoms with Crippen LogP contribution in [0.4, 0.5) is 0 Å². The molecule has 2 unspecified atom stereocenters. The van der Waals surface area contributed by atoms with Gasteiger partial charge in [0.15, 0.2) is 0 Å². The van der Waals surface area contributed by atoms with E-state index in [9.17, 15) is 0 Å². The van der Waals surface area contributed by atoms with Crippen LogP contribution < -0.4 is 11.3 Å². The number of thioether (sulfide) groups is 1. The van der Waals surface area contributed by atoms with E-state index in [1.54, 1.807) is 6.33 Å². The van der Waals surface area contributed by atoms with Crippen molar-refractivity contribution in [3.05, 3.63) is 12.2 Å². The summed E-state index contributed by atoms with van der Waals surface area (Å²) in [5.74, 6) is 8.57. The molecular formula is C12H23N5S. The van der Waals surface area contributed by atoms with Gasteiger partial charge < -0.3 is 0 Å². The van der Waals surface area contributed by atoms with Crippen molar-refractivity contribution in [2.75, 3.05) is 5.75 Å². The minimum absolute atomic E-state index is 0.299. The first-order chi connectivity index (χ1) is 8.70. The Kier molecular flexibility index (Phi) is 5.03. The van der Waals surface area contributed by atoms with Crippen molar-refractivity contribution in [2.45, 2.75) is 50.9 Å². The highest BCUT2D eigenvalue weighted by Gasteiger charge is 2.26. The zero-order chi connectivity index (χ0) is 13.0. The molecule has 0 bridgehead atoms. The van der Waals surface area contributed by atoms with Gasteiger partial charge in [-0.1, -0.05) is 13.8 Å². The predicted molar refractivity (Wildman–Crippen MR) is 75.2 cm³/mol. The number of hydrogen-bond acceptors (Lipinski definition) is 5. The standard InChI is InChI=1S/C12H23N5S/c1-9(2)7-17-12(14-8-15-17)6-10(16-13)11-4-3-5-18-11/h8-11,16H,3-7,13H2,1-2H3. The molecule has 1 saturated heterocycles. The van der Waals surface area contributed by atoms with Crippen LogP contribution in [0.1, 0.15) is 32.5 Å². The molecule has 6 heteroatoms. The van der Waals surface area contributed by atoms with Crippen LogP contribution in [0.25, 0.3) is 0 Å². The zero-order valence-electron chi connectivity index (χ0n) is 11.2. The summed E-state index contributed by atoms with van der Waals surface area (Å²) < 4.78 is 2.01. The second kappa shape index (κ2) is 6.54. The number of rotatable bonds is 6. The molecule has 0 amide bonds. The van der Waals surface area contributed by atoms with Gasteiger partial charge in [-0.25, -0.2) is 9.67 Å². The molecule has 0 spiro atoms. The lowest BCUT2D eigenvalue weighted by atomic mass is 10.1. The SMILES string of the molecule is CC(C)Cn1ncnc1CC(NN)C1CCCS1. The van der Waals surface area contributed by atoms with Crippen molar-refractivity contribution in [1.82, 2.24) is 20.2 Å². The van der Waals surface area contributed by atoms with Crippen LogP contribution in [-0.4, -0.2) is 31.8 Å². The molecule has 5 nitrogen and oxygen atoms in total. The highest BCUT2D eigenvalue weighted by Crippen LogP contribution is 2.29. The molecule has 2 heterocycles. The second-order valence-electron chi connectivity index (χ2n) is 5.28. The average molecular weight is 269 g/mol. The fraction of sp³-hybridized carbons (Fsp3) is 0.833. The summed E-state index contributed by atoms with van der Waals surface area (Å²) in [4.78, 5) is 4.38. The molecule has 0 saturated carbocycles. The normalized spacial score (nSPS) is 21.7. The topological polar surface area (TPSA) is 68.8 Å². The Balaban J connectivity index is 2.00. The van der Waals surface area contributed by atoms with Gasteiger partial charge in [0.25, 0.3) is 0 Å². The summed E-state index contributed by atoms with van der Waals surface area (Å²) in [6.45, 7) is 5.30. The summed E-state index contributed by atoms with van der Waals surface area (Å²) in [5.41, 5.74) is 2.96. The van der Waals surface area contributed by atoms with Gasteiger partial charge in [-0.3, -0.25) is 11.3 Å². The van der Waals surface area contributed by atoms with Crippen LogP contribution >= 0.6 is 11.8 Å². The first-order valence-corrected chi connectivity index (χ1v) is 7.70. The first-order valence-electron chi connectivity index (χ1n) is 6.65. The third-order valence-corrected chi connectivity index (χ3v) is 4.78. The molecule has 0 radical (unpaired) electrons. The van der Waals surface area contributed by atoms with E-state index in [0.29, 0.717) is 17.2 Å². The van der Waals surface area contributed by atoms with E-state index in [2.05, 4.69) is 29.4 Å². The van der Waals surface area contributed by atoms with Crippen molar-refractivity contribution >= 4 is 11.8 Å². The number of aromatic nitrogens is 3. The summed E-state index contributed by atoms with van der Waals surface area (Å²) in [7, 11) is 0. The van der Waals surface area contributed by atoms with Gasteiger partial charge in [0.1, 0.15) is 12.2 Å². The van der Waals surface area contributed by atoms with Crippen molar-refractivity contribution in [1.29, 1.82) is 0 Å². The third-order valence-electron chi connectivity index (χ3n) is 3.26. The van der Waals surface area contributed by atoms with Crippen molar-refractivity contribution in [3.63, 3.8) is 0 Å². The Bertz CT molecular complexity index is 359. The van der Waals surface area contributed by atoms with E-state index in [4.69, 9.17) is 5.84 Å². The molecule has 18 heavy (non-hydrogen) atoms. The van der Waals surface area contributed by atoms with Gasteiger partial charge in [-0.2, -0.15) is 16.9 Å². The van der Waals surface area contributed by atoms with E-state index in [1.165, 1.54) is 18.6 Å². The Morgan fingerprint density at radius 2 is 2.44 bits per heavy atom. The van der Waals surface area contributed by atoms with Gasteiger partial charge in [0.05, 0.1) is 0 Å². The Labute approximate surface area is 113 Å². The van der Waals surface area contributed by atoms with E-state index in [1.807, 2.05) is 16.4 Å². The molecule has 1 aliphatic heterocycles. The van der Waals surface area contributed by atoms with Crippen molar-refractivity contribution < 1.29 is 0 Å². The van der Waals surface area contributed by atoms with Crippen LogP contribution in [0, 0.1) is 5.92 Å². The molecule has 3 N–H and O–H groups in total. The highest BCUT2D eigenvalue weighted by molar-refractivity contribution is 8.00. The van der Waals surface area contributed by atoms with Crippen LogP contribution in [0.5, 0.6) is 0 Å². The molecule has 2 atom stereocenters. The summed E-state index contributed by atoms with van der Waals surface area (Å²) in [6, 6.07) is 0.299. The van der Waals surface area contributed by atoms with Crippen LogP contribution in [0.15, 0.2) is 6.33 Å². The van der Waals surface area contributed by atoms with Crippen LogP contribution in [-0.2, 0) is 13.0 Å². The predicted octanol–water partition coefficient (Wildman–Crippen LogP) is 1.20. The molecule has 0 aromatic carbocycles. The summed E-state index contributed by atoms with van der Waals surface area (Å²) in [5, 5.41) is 4.91. The minimum atomic E-state index is 0.299. The molecule has 1 aliphatic rings. The van der Waals surface area contributed by atoms with E-state index in [-0.39, 0.29) is 0 Å². The van der Waals surface area contributed by atoms with Gasteiger partial charge >= 0.3 is 0 Å². The quantitative estimate of drug-likeness (QED) is 0.600. The molecule has 1 fully saturated rings. The van der Waals surface area contributed by atoms with Gasteiger partial charge in [0, 0.05) is 24.3 Å². The maximum Gasteiger partial charge on any atom is 0.138 e. The van der Waals surface area contributed by atoms with E-state index >= 15 is 0 Å². The maximum absolute atomic E-state index is 5.70. The average Bonchev–Trinajstić information content (AvgIpc) is 2.96. The molecule has 2 rings (SSSR count). The Hall–Kier alpha value is -0.590. The summed E-state index contributed by atoms with van der Waals surface area (Å²) in [6.07, 6.45) is 5.05. The Morgan fingerprint density at radius 1 is 1.61 bits per heavy atom. The van der Waals surface area contributed by atoms with Crippen molar-refractivity contribution in [2.24, 2.45) is 11.8 Å².